The lowest BCUT2D eigenvalue weighted by Crippen LogP contribution is -2.41. The van der Waals surface area contributed by atoms with Gasteiger partial charge in [-0.25, -0.2) is 9.59 Å². The van der Waals surface area contributed by atoms with Crippen LogP contribution >= 0.6 is 0 Å². The van der Waals surface area contributed by atoms with Crippen molar-refractivity contribution in [3.63, 3.8) is 0 Å². The van der Waals surface area contributed by atoms with Gasteiger partial charge in [0.05, 0.1) is 12.2 Å². The van der Waals surface area contributed by atoms with Crippen molar-refractivity contribution in [1.82, 2.24) is 10.2 Å². The van der Waals surface area contributed by atoms with Gasteiger partial charge in [-0.2, -0.15) is 0 Å². The highest BCUT2D eigenvalue weighted by Gasteiger charge is 2.31. The number of hydrogen-bond donors (Lipinski definition) is 1. The van der Waals surface area contributed by atoms with Crippen molar-refractivity contribution in [1.29, 1.82) is 0 Å². The van der Waals surface area contributed by atoms with Crippen LogP contribution in [-0.2, 0) is 9.53 Å². The average Bonchev–Trinajstić information content (AvgIpc) is 2.98. The number of carbonyl (C=O) groups is 3. The number of hydrogen-bond acceptors (Lipinski definition) is 5. The van der Waals surface area contributed by atoms with Gasteiger partial charge < -0.3 is 14.8 Å². The Balaban J connectivity index is 1.91. The molecule has 1 heterocycles. The number of ether oxygens (including phenoxy) is 2. The highest BCUT2D eigenvalue weighted by Crippen LogP contribution is 2.15. The Morgan fingerprint density at radius 3 is 2.42 bits per heavy atom. The third kappa shape index (κ3) is 4.47. The second kappa shape index (κ2) is 7.81. The fourth-order valence-corrected chi connectivity index (χ4v) is 2.13. The van der Waals surface area contributed by atoms with E-state index in [1.807, 2.05) is 13.8 Å². The summed E-state index contributed by atoms with van der Waals surface area (Å²) in [6.45, 7) is 6.82. The van der Waals surface area contributed by atoms with E-state index in [9.17, 15) is 14.4 Å². The lowest BCUT2D eigenvalue weighted by molar-refractivity contribution is -0.136. The first kappa shape index (κ1) is 17.8. The van der Waals surface area contributed by atoms with Crippen molar-refractivity contribution in [3.8, 4) is 5.75 Å². The number of urea groups is 1. The molecule has 130 valence electrons. The van der Waals surface area contributed by atoms with Crippen LogP contribution in [0.25, 0.3) is 0 Å². The standard InChI is InChI=1S/C17H22N2O5/c1-11(2)10-23-14-6-4-13(5-7-14)16(21)24-12(3)15(20)19-9-8-18-17(19)22/h4-7,11-12H,8-10H2,1-3H3,(H,18,22)/t12-/m0/s1. The molecule has 1 aliphatic heterocycles. The van der Waals surface area contributed by atoms with Gasteiger partial charge in [0.2, 0.25) is 0 Å². The molecule has 1 fully saturated rings. The molecule has 7 nitrogen and oxygen atoms in total. The van der Waals surface area contributed by atoms with Gasteiger partial charge in [0.1, 0.15) is 5.75 Å². The van der Waals surface area contributed by atoms with E-state index in [-0.39, 0.29) is 6.54 Å². The molecule has 1 aromatic carbocycles. The highest BCUT2D eigenvalue weighted by atomic mass is 16.5. The molecule has 1 atom stereocenters. The molecular formula is C17H22N2O5. The van der Waals surface area contributed by atoms with E-state index in [0.717, 1.165) is 4.90 Å². The molecule has 7 heteroatoms. The zero-order valence-electron chi connectivity index (χ0n) is 14.1. The number of benzene rings is 1. The smallest absolute Gasteiger partial charge is 0.338 e. The maximum absolute atomic E-state index is 12.1. The topological polar surface area (TPSA) is 84.9 Å². The minimum Gasteiger partial charge on any atom is -0.493 e. The molecule has 0 radical (unpaired) electrons. The quantitative estimate of drug-likeness (QED) is 0.802. The normalized spacial score (nSPS) is 15.2. The van der Waals surface area contributed by atoms with Crippen molar-refractivity contribution in [3.05, 3.63) is 29.8 Å². The maximum atomic E-state index is 12.1. The Hall–Kier alpha value is -2.57. The Labute approximate surface area is 140 Å². The molecule has 0 unspecified atom stereocenters. The van der Waals surface area contributed by atoms with Crippen LogP contribution in [0.4, 0.5) is 4.79 Å². The lowest BCUT2D eigenvalue weighted by Gasteiger charge is -2.18. The molecule has 0 bridgehead atoms. The summed E-state index contributed by atoms with van der Waals surface area (Å²) < 4.78 is 10.7. The van der Waals surface area contributed by atoms with Gasteiger partial charge in [0.25, 0.3) is 5.91 Å². The van der Waals surface area contributed by atoms with Gasteiger partial charge in [0.15, 0.2) is 6.10 Å². The monoisotopic (exact) mass is 334 g/mol. The summed E-state index contributed by atoms with van der Waals surface area (Å²) in [6.07, 6.45) is -1.03. The van der Waals surface area contributed by atoms with E-state index < -0.39 is 24.0 Å². The van der Waals surface area contributed by atoms with E-state index in [1.165, 1.54) is 6.92 Å². The molecule has 1 N–H and O–H groups in total. The van der Waals surface area contributed by atoms with Crippen LogP contribution in [0.3, 0.4) is 0 Å². The van der Waals surface area contributed by atoms with Crippen LogP contribution in [0.15, 0.2) is 24.3 Å². The number of amides is 3. The van der Waals surface area contributed by atoms with E-state index in [2.05, 4.69) is 5.32 Å². The summed E-state index contributed by atoms with van der Waals surface area (Å²) in [5.41, 5.74) is 0.317. The maximum Gasteiger partial charge on any atom is 0.338 e. The molecule has 1 saturated heterocycles. The van der Waals surface area contributed by atoms with Crippen LogP contribution in [0.1, 0.15) is 31.1 Å². The largest absolute Gasteiger partial charge is 0.493 e. The predicted molar refractivity (Wildman–Crippen MR) is 86.8 cm³/mol. The van der Waals surface area contributed by atoms with Gasteiger partial charge in [-0.1, -0.05) is 13.8 Å². The molecule has 0 aliphatic carbocycles. The van der Waals surface area contributed by atoms with Gasteiger partial charge >= 0.3 is 12.0 Å². The molecule has 24 heavy (non-hydrogen) atoms. The molecule has 3 amide bonds. The summed E-state index contributed by atoms with van der Waals surface area (Å²) in [6, 6.07) is 6.06. The van der Waals surface area contributed by atoms with E-state index in [4.69, 9.17) is 9.47 Å². The first-order chi connectivity index (χ1) is 11.4. The predicted octanol–water partition coefficient (Wildman–Crippen LogP) is 1.82. The minimum atomic E-state index is -1.03. The number of nitrogens with zero attached hydrogens (tertiary/aromatic N) is 1. The zero-order valence-corrected chi connectivity index (χ0v) is 14.1. The number of rotatable bonds is 6. The Bertz CT molecular complexity index is 612. The van der Waals surface area contributed by atoms with Gasteiger partial charge in [-0.3, -0.25) is 9.69 Å². The molecule has 2 rings (SSSR count). The Morgan fingerprint density at radius 1 is 1.21 bits per heavy atom. The van der Waals surface area contributed by atoms with Crippen molar-refractivity contribution in [2.45, 2.75) is 26.9 Å². The van der Waals surface area contributed by atoms with Gasteiger partial charge in [-0.05, 0) is 37.1 Å². The number of nitrogens with one attached hydrogen (secondary N) is 1. The first-order valence-electron chi connectivity index (χ1n) is 7.91. The minimum absolute atomic E-state index is 0.279. The van der Waals surface area contributed by atoms with Crippen molar-refractivity contribution >= 4 is 17.9 Å². The number of imide groups is 1. The molecule has 0 aromatic heterocycles. The third-order valence-electron chi connectivity index (χ3n) is 3.43. The number of esters is 1. The first-order valence-corrected chi connectivity index (χ1v) is 7.91. The van der Waals surface area contributed by atoms with Crippen LogP contribution in [0.2, 0.25) is 0 Å². The van der Waals surface area contributed by atoms with Crippen molar-refractivity contribution in [2.75, 3.05) is 19.7 Å². The van der Waals surface area contributed by atoms with Crippen molar-refractivity contribution in [2.24, 2.45) is 5.92 Å². The SMILES string of the molecule is CC(C)COc1ccc(C(=O)O[C@@H](C)C(=O)N2CCNC2=O)cc1. The van der Waals surface area contributed by atoms with Crippen molar-refractivity contribution < 1.29 is 23.9 Å². The van der Waals surface area contributed by atoms with Crippen LogP contribution in [0, 0.1) is 5.92 Å². The summed E-state index contributed by atoms with van der Waals surface area (Å²) >= 11 is 0. The molecule has 1 aromatic rings. The van der Waals surface area contributed by atoms with E-state index in [0.29, 0.717) is 30.4 Å². The average molecular weight is 334 g/mol. The van der Waals surface area contributed by atoms with Crippen LogP contribution in [0.5, 0.6) is 5.75 Å². The van der Waals surface area contributed by atoms with E-state index in [1.54, 1.807) is 24.3 Å². The Morgan fingerprint density at radius 2 is 1.88 bits per heavy atom. The summed E-state index contributed by atoms with van der Waals surface area (Å²) in [4.78, 5) is 36.7. The Kier molecular flexibility index (Phi) is 5.78. The molecule has 0 spiro atoms. The molecule has 1 aliphatic rings. The zero-order chi connectivity index (χ0) is 17.7. The number of carbonyl (C=O) groups excluding carboxylic acids is 3. The summed E-state index contributed by atoms with van der Waals surface area (Å²) in [5.74, 6) is -0.0801. The van der Waals surface area contributed by atoms with Gasteiger partial charge in [-0.15, -0.1) is 0 Å². The van der Waals surface area contributed by atoms with Gasteiger partial charge in [0, 0.05) is 13.1 Å². The molecule has 0 saturated carbocycles. The fraction of sp³-hybridized carbons (Fsp3) is 0.471. The second-order valence-corrected chi connectivity index (χ2v) is 6.00. The summed E-state index contributed by atoms with van der Waals surface area (Å²) in [7, 11) is 0. The fourth-order valence-electron chi connectivity index (χ4n) is 2.13. The van der Waals surface area contributed by atoms with Crippen LogP contribution < -0.4 is 10.1 Å². The van der Waals surface area contributed by atoms with E-state index >= 15 is 0 Å². The summed E-state index contributed by atoms with van der Waals surface area (Å²) in [5, 5.41) is 2.53. The highest BCUT2D eigenvalue weighted by molar-refractivity contribution is 5.99. The molecular weight excluding hydrogens is 312 g/mol. The van der Waals surface area contributed by atoms with Crippen LogP contribution in [-0.4, -0.2) is 48.6 Å². The third-order valence-corrected chi connectivity index (χ3v) is 3.43. The lowest BCUT2D eigenvalue weighted by atomic mass is 10.2. The second-order valence-electron chi connectivity index (χ2n) is 6.00.